The number of carbonyl (C=O) groups excluding carboxylic acids is 2. The molecule has 1 atom stereocenters. The van der Waals surface area contributed by atoms with E-state index >= 15 is 0 Å². The van der Waals surface area contributed by atoms with Gasteiger partial charge in [-0.3, -0.25) is 9.79 Å². The summed E-state index contributed by atoms with van der Waals surface area (Å²) < 4.78 is 14.2. The number of carbonyl (C=O) groups is 2. The third kappa shape index (κ3) is 7.88. The summed E-state index contributed by atoms with van der Waals surface area (Å²) in [5.41, 5.74) is 6.41. The highest BCUT2D eigenvalue weighted by Crippen LogP contribution is 2.20. The van der Waals surface area contributed by atoms with Crippen LogP contribution in [0.4, 0.5) is 14.9 Å². The van der Waals surface area contributed by atoms with E-state index in [1.807, 2.05) is 6.92 Å². The molecule has 6 nitrogen and oxygen atoms in total. The van der Waals surface area contributed by atoms with Gasteiger partial charge in [-0.25, -0.2) is 9.18 Å². The minimum Gasteiger partial charge on any atom is -0.306 e. The number of anilines is 1. The Kier molecular flexibility index (Phi) is 9.75. The number of halogens is 1. The quantitative estimate of drug-likeness (QED) is 0.518. The third-order valence-corrected chi connectivity index (χ3v) is 4.33. The molecule has 0 fully saturated rings. The number of nitrogens with two attached hydrogens (primary N) is 1. The number of hydrogen-bond donors (Lipinski definition) is 2. The Balaban J connectivity index is 2.69. The summed E-state index contributed by atoms with van der Waals surface area (Å²) in [6.45, 7) is 5.43. The van der Waals surface area contributed by atoms with E-state index in [1.165, 1.54) is 23.9 Å². The molecule has 142 valence electrons. The van der Waals surface area contributed by atoms with Crippen LogP contribution in [0.2, 0.25) is 0 Å². The molecule has 1 rings (SSSR count). The standard InChI is InChI=1S/C18H25FN4O2S/c1-4-6-9-21-17(20)13-7-8-16(15(19)10-13)23-18(25)22-12(3)26-11-14(24)5-2/h7-10,17H,4-6,11,20H2,1-3H3,(H,23,25)/b21-9-,22-12-. The van der Waals surface area contributed by atoms with Crippen LogP contribution in [0.5, 0.6) is 0 Å². The second-order valence-corrected chi connectivity index (χ2v) is 6.71. The Morgan fingerprint density at radius 3 is 2.73 bits per heavy atom. The molecule has 0 spiro atoms. The summed E-state index contributed by atoms with van der Waals surface area (Å²) in [4.78, 5) is 31.1. The van der Waals surface area contributed by atoms with Gasteiger partial charge in [0.05, 0.1) is 16.5 Å². The largest absolute Gasteiger partial charge is 0.346 e. The molecule has 8 heteroatoms. The first-order valence-corrected chi connectivity index (χ1v) is 9.43. The lowest BCUT2D eigenvalue weighted by atomic mass is 10.1. The van der Waals surface area contributed by atoms with Gasteiger partial charge in [-0.05, 0) is 31.0 Å². The lowest BCUT2D eigenvalue weighted by Crippen LogP contribution is -2.12. The van der Waals surface area contributed by atoms with E-state index in [0.29, 0.717) is 17.0 Å². The molecule has 1 unspecified atom stereocenters. The Labute approximate surface area is 157 Å². The van der Waals surface area contributed by atoms with Crippen molar-refractivity contribution in [1.82, 2.24) is 0 Å². The topological polar surface area (TPSA) is 96.9 Å². The molecular weight excluding hydrogens is 355 g/mol. The average molecular weight is 380 g/mol. The molecular formula is C18H25FN4O2S. The van der Waals surface area contributed by atoms with Crippen LogP contribution in [0.1, 0.15) is 51.8 Å². The van der Waals surface area contributed by atoms with Crippen molar-refractivity contribution >= 4 is 40.5 Å². The molecule has 1 aromatic rings. The number of hydrogen-bond acceptors (Lipinski definition) is 5. The highest BCUT2D eigenvalue weighted by atomic mass is 32.2. The maximum absolute atomic E-state index is 14.2. The van der Waals surface area contributed by atoms with E-state index in [9.17, 15) is 14.0 Å². The molecule has 2 amide bonds. The molecule has 3 N–H and O–H groups in total. The van der Waals surface area contributed by atoms with E-state index in [1.54, 1.807) is 26.1 Å². The van der Waals surface area contributed by atoms with Crippen LogP contribution in [-0.4, -0.2) is 28.8 Å². The molecule has 0 heterocycles. The van der Waals surface area contributed by atoms with Gasteiger partial charge in [0.1, 0.15) is 17.8 Å². The number of benzene rings is 1. The fraction of sp³-hybridized carbons (Fsp3) is 0.444. The van der Waals surface area contributed by atoms with E-state index in [0.717, 1.165) is 12.8 Å². The van der Waals surface area contributed by atoms with Crippen LogP contribution in [-0.2, 0) is 4.79 Å². The summed E-state index contributed by atoms with van der Waals surface area (Å²) in [5.74, 6) is -0.276. The molecule has 0 saturated carbocycles. The van der Waals surface area contributed by atoms with Gasteiger partial charge in [-0.1, -0.05) is 26.3 Å². The first-order valence-electron chi connectivity index (χ1n) is 8.44. The molecule has 0 aliphatic carbocycles. The summed E-state index contributed by atoms with van der Waals surface area (Å²) >= 11 is 1.18. The third-order valence-electron chi connectivity index (χ3n) is 3.36. The number of aliphatic imine (C=N–C) groups is 2. The summed E-state index contributed by atoms with van der Waals surface area (Å²) in [5, 5.41) is 2.82. The lowest BCUT2D eigenvalue weighted by molar-refractivity contribution is -0.116. The van der Waals surface area contributed by atoms with E-state index < -0.39 is 18.0 Å². The molecule has 0 aliphatic rings. The predicted octanol–water partition coefficient (Wildman–Crippen LogP) is 4.32. The fourth-order valence-electron chi connectivity index (χ4n) is 1.83. The lowest BCUT2D eigenvalue weighted by Gasteiger charge is -2.10. The zero-order chi connectivity index (χ0) is 19.5. The Morgan fingerprint density at radius 2 is 2.12 bits per heavy atom. The van der Waals surface area contributed by atoms with Crippen LogP contribution in [0.15, 0.2) is 28.2 Å². The average Bonchev–Trinajstić information content (AvgIpc) is 2.61. The highest BCUT2D eigenvalue weighted by molar-refractivity contribution is 8.14. The Bertz CT molecular complexity index is 692. The number of nitrogens with zero attached hydrogens (tertiary/aromatic N) is 2. The van der Waals surface area contributed by atoms with E-state index in [-0.39, 0.29) is 17.2 Å². The van der Waals surface area contributed by atoms with Gasteiger partial charge < -0.3 is 11.1 Å². The summed E-state index contributed by atoms with van der Waals surface area (Å²) in [7, 11) is 0. The van der Waals surface area contributed by atoms with Crippen molar-refractivity contribution in [2.45, 2.75) is 46.2 Å². The molecule has 1 aromatic carbocycles. The second-order valence-electron chi connectivity index (χ2n) is 5.55. The molecule has 0 bridgehead atoms. The number of thioether (sulfide) groups is 1. The van der Waals surface area contributed by atoms with Crippen molar-refractivity contribution in [2.75, 3.05) is 11.1 Å². The maximum Gasteiger partial charge on any atom is 0.346 e. The van der Waals surface area contributed by atoms with Crippen LogP contribution in [0.25, 0.3) is 0 Å². The van der Waals surface area contributed by atoms with Crippen molar-refractivity contribution in [3.8, 4) is 0 Å². The van der Waals surface area contributed by atoms with Crippen molar-refractivity contribution in [3.63, 3.8) is 0 Å². The van der Waals surface area contributed by atoms with E-state index in [4.69, 9.17) is 5.73 Å². The number of nitrogens with one attached hydrogen (secondary N) is 1. The number of Topliss-reactive ketones (excluding diaryl/α,β-unsaturated/α-hetero) is 1. The summed E-state index contributed by atoms with van der Waals surface area (Å²) in [6.07, 6.45) is 3.28. The van der Waals surface area contributed by atoms with E-state index in [2.05, 4.69) is 15.3 Å². The van der Waals surface area contributed by atoms with Gasteiger partial charge in [0.15, 0.2) is 0 Å². The minimum absolute atomic E-state index is 0.00896. The number of ketones is 1. The molecule has 0 saturated heterocycles. The van der Waals surface area contributed by atoms with Gasteiger partial charge in [-0.15, -0.1) is 11.8 Å². The Morgan fingerprint density at radius 1 is 1.38 bits per heavy atom. The number of unbranched alkanes of at least 4 members (excludes halogenated alkanes) is 1. The maximum atomic E-state index is 14.2. The second kappa shape index (κ2) is 11.5. The predicted molar refractivity (Wildman–Crippen MR) is 107 cm³/mol. The van der Waals surface area contributed by atoms with Crippen molar-refractivity contribution in [1.29, 1.82) is 0 Å². The molecule has 26 heavy (non-hydrogen) atoms. The van der Waals surface area contributed by atoms with Crippen LogP contribution < -0.4 is 11.1 Å². The van der Waals surface area contributed by atoms with Crippen LogP contribution in [0, 0.1) is 5.82 Å². The van der Waals surface area contributed by atoms with Gasteiger partial charge in [0, 0.05) is 12.6 Å². The molecule has 0 aliphatic heterocycles. The highest BCUT2D eigenvalue weighted by Gasteiger charge is 2.11. The SMILES string of the molecule is CCC/C=N\C(N)c1ccc(NC(=O)/N=C(/C)SCC(=O)CC)c(F)c1. The van der Waals surface area contributed by atoms with Crippen molar-refractivity contribution in [2.24, 2.45) is 15.7 Å². The Hall–Kier alpha value is -2.06. The first-order chi connectivity index (χ1) is 12.4. The van der Waals surface area contributed by atoms with Crippen LogP contribution in [0.3, 0.4) is 0 Å². The number of rotatable bonds is 8. The summed E-state index contributed by atoms with van der Waals surface area (Å²) in [6, 6.07) is 3.58. The molecule has 0 aromatic heterocycles. The number of amides is 2. The van der Waals surface area contributed by atoms with Crippen molar-refractivity contribution in [3.05, 3.63) is 29.6 Å². The smallest absolute Gasteiger partial charge is 0.306 e. The van der Waals surface area contributed by atoms with Gasteiger partial charge in [0.25, 0.3) is 0 Å². The zero-order valence-electron chi connectivity index (χ0n) is 15.3. The number of urea groups is 1. The van der Waals surface area contributed by atoms with Gasteiger partial charge >= 0.3 is 6.03 Å². The monoisotopic (exact) mass is 380 g/mol. The zero-order valence-corrected chi connectivity index (χ0v) is 16.1. The van der Waals surface area contributed by atoms with Gasteiger partial charge in [0.2, 0.25) is 0 Å². The fourth-order valence-corrected chi connectivity index (χ4v) is 2.55. The first kappa shape index (κ1) is 22.0. The normalized spacial score (nSPS) is 13.0. The van der Waals surface area contributed by atoms with Gasteiger partial charge in [-0.2, -0.15) is 4.99 Å². The van der Waals surface area contributed by atoms with Crippen molar-refractivity contribution < 1.29 is 14.0 Å². The molecule has 0 radical (unpaired) electrons. The van der Waals surface area contributed by atoms with Crippen LogP contribution >= 0.6 is 11.8 Å². The minimum atomic E-state index is -0.698.